The number of aromatic nitrogens is 3. The smallest absolute Gasteiger partial charge is 0.232 e. The van der Waals surface area contributed by atoms with E-state index in [4.69, 9.17) is 5.73 Å². The van der Waals surface area contributed by atoms with Gasteiger partial charge in [-0.15, -0.1) is 11.3 Å². The maximum atomic E-state index is 12.3. The van der Waals surface area contributed by atoms with Gasteiger partial charge < -0.3 is 10.3 Å². The summed E-state index contributed by atoms with van der Waals surface area (Å²) in [6, 6.07) is 0. The highest BCUT2D eigenvalue weighted by Gasteiger charge is 2.22. The van der Waals surface area contributed by atoms with Crippen LogP contribution in [0.1, 0.15) is 19.8 Å². The van der Waals surface area contributed by atoms with Gasteiger partial charge in [-0.25, -0.2) is 15.0 Å². The molecule has 0 bridgehead atoms. The van der Waals surface area contributed by atoms with E-state index in [2.05, 4.69) is 21.9 Å². The summed E-state index contributed by atoms with van der Waals surface area (Å²) in [6.45, 7) is 2.08. The summed E-state index contributed by atoms with van der Waals surface area (Å²) in [4.78, 5) is 13.8. The van der Waals surface area contributed by atoms with Crippen LogP contribution < -0.4 is 5.73 Å². The minimum Gasteiger partial charge on any atom is -0.611 e. The summed E-state index contributed by atoms with van der Waals surface area (Å²) in [5, 5.41) is 3.44. The molecule has 0 amide bonds. The number of anilines is 1. The van der Waals surface area contributed by atoms with Crippen LogP contribution in [0.15, 0.2) is 22.0 Å². The van der Waals surface area contributed by atoms with E-state index in [-0.39, 0.29) is 0 Å². The number of nitrogen functional groups attached to an aromatic ring is 1. The van der Waals surface area contributed by atoms with Crippen LogP contribution in [0.4, 0.5) is 5.69 Å². The second kappa shape index (κ2) is 6.27. The van der Waals surface area contributed by atoms with Gasteiger partial charge in [0.15, 0.2) is 10.8 Å². The van der Waals surface area contributed by atoms with Crippen molar-refractivity contribution in [3.8, 4) is 10.8 Å². The van der Waals surface area contributed by atoms with Crippen LogP contribution in [0.25, 0.3) is 21.0 Å². The molecule has 110 valence electrons. The fraction of sp³-hybridized carbons (Fsp3) is 0.308. The van der Waals surface area contributed by atoms with Crippen LogP contribution in [-0.2, 0) is 11.2 Å². The number of hydrogen-bond donors (Lipinski definition) is 1. The molecule has 0 aliphatic rings. The van der Waals surface area contributed by atoms with Crippen molar-refractivity contribution in [2.75, 3.05) is 11.5 Å². The lowest BCUT2D eigenvalue weighted by Gasteiger charge is -2.07. The number of hydrogen-bond acceptors (Lipinski definition) is 7. The molecule has 21 heavy (non-hydrogen) atoms. The number of unbranched alkanes of at least 4 members (excludes halogenated alkanes) is 1. The van der Waals surface area contributed by atoms with Crippen molar-refractivity contribution in [2.24, 2.45) is 0 Å². The second-order valence-electron chi connectivity index (χ2n) is 4.46. The van der Waals surface area contributed by atoms with Crippen molar-refractivity contribution in [2.45, 2.75) is 24.0 Å². The number of nitrogens with two attached hydrogens (primary N) is 1. The predicted octanol–water partition coefficient (Wildman–Crippen LogP) is 3.30. The third-order valence-corrected chi connectivity index (χ3v) is 6.75. The standard InChI is InChI=1S/C13H14N4OS3/c1-2-3-6-21(18)13-9(14)8-7-16-10(17-11(8)20-13)12-15-4-5-19-12/h4-5,7H,2-3,6,14H2,1H3. The molecule has 0 saturated heterocycles. The van der Waals surface area contributed by atoms with E-state index in [9.17, 15) is 4.55 Å². The molecule has 1 unspecified atom stereocenters. The van der Waals surface area contributed by atoms with Crippen LogP contribution in [0, 0.1) is 0 Å². The molecule has 2 N–H and O–H groups in total. The summed E-state index contributed by atoms with van der Waals surface area (Å²) in [5.74, 6) is 1.23. The zero-order valence-corrected chi connectivity index (χ0v) is 13.9. The minimum absolute atomic E-state index is 0.551. The van der Waals surface area contributed by atoms with Gasteiger partial charge in [-0.2, -0.15) is 0 Å². The molecular formula is C13H14N4OS3. The summed E-state index contributed by atoms with van der Waals surface area (Å²) in [6.07, 6.45) is 5.37. The maximum absolute atomic E-state index is 12.3. The topological polar surface area (TPSA) is 87.8 Å². The van der Waals surface area contributed by atoms with Gasteiger partial charge in [0.25, 0.3) is 0 Å². The van der Waals surface area contributed by atoms with Gasteiger partial charge in [0, 0.05) is 17.8 Å². The first-order valence-electron chi connectivity index (χ1n) is 6.54. The molecule has 0 spiro atoms. The Morgan fingerprint density at radius 3 is 2.95 bits per heavy atom. The lowest BCUT2D eigenvalue weighted by Crippen LogP contribution is -2.06. The Bertz CT molecular complexity index is 741. The molecule has 3 aromatic rings. The molecular weight excluding hydrogens is 324 g/mol. The van der Waals surface area contributed by atoms with Crippen molar-refractivity contribution in [1.29, 1.82) is 0 Å². The number of fused-ring (bicyclic) bond motifs is 1. The van der Waals surface area contributed by atoms with Gasteiger partial charge >= 0.3 is 0 Å². The Labute approximate surface area is 133 Å². The first-order chi connectivity index (χ1) is 10.2. The average Bonchev–Trinajstić information content (AvgIpc) is 3.13. The van der Waals surface area contributed by atoms with Crippen molar-refractivity contribution in [3.05, 3.63) is 17.8 Å². The summed E-state index contributed by atoms with van der Waals surface area (Å²) < 4.78 is 13.0. The van der Waals surface area contributed by atoms with E-state index in [0.717, 1.165) is 28.1 Å². The van der Waals surface area contributed by atoms with Crippen LogP contribution in [0.3, 0.4) is 0 Å². The normalized spacial score (nSPS) is 12.9. The molecule has 3 heterocycles. The van der Waals surface area contributed by atoms with Gasteiger partial charge in [-0.1, -0.05) is 24.7 Å². The quantitative estimate of drug-likeness (QED) is 0.721. The monoisotopic (exact) mass is 338 g/mol. The average molecular weight is 338 g/mol. The Morgan fingerprint density at radius 2 is 2.24 bits per heavy atom. The van der Waals surface area contributed by atoms with Crippen LogP contribution >= 0.6 is 22.7 Å². The molecule has 0 aliphatic heterocycles. The molecule has 8 heteroatoms. The van der Waals surface area contributed by atoms with Gasteiger partial charge in [0.1, 0.15) is 16.3 Å². The van der Waals surface area contributed by atoms with Crippen molar-refractivity contribution in [1.82, 2.24) is 15.0 Å². The predicted molar refractivity (Wildman–Crippen MR) is 89.1 cm³/mol. The number of thiophene rings is 1. The first-order valence-corrected chi connectivity index (χ1v) is 9.55. The van der Waals surface area contributed by atoms with E-state index >= 15 is 0 Å². The van der Waals surface area contributed by atoms with Crippen LogP contribution in [0.5, 0.6) is 0 Å². The molecule has 5 nitrogen and oxygen atoms in total. The van der Waals surface area contributed by atoms with E-state index in [1.807, 2.05) is 5.38 Å². The Hall–Kier alpha value is -1.22. The summed E-state index contributed by atoms with van der Waals surface area (Å²) in [7, 11) is 0. The Balaban J connectivity index is 1.99. The third kappa shape index (κ3) is 2.89. The first kappa shape index (κ1) is 14.7. The highest BCUT2D eigenvalue weighted by Crippen LogP contribution is 2.37. The van der Waals surface area contributed by atoms with Crippen molar-refractivity contribution < 1.29 is 4.55 Å². The molecule has 0 radical (unpaired) electrons. The molecule has 3 aromatic heterocycles. The highest BCUT2D eigenvalue weighted by atomic mass is 32.2. The SMILES string of the molecule is CCCC[S+]([O-])c1sc2nc(-c3nccs3)ncc2c1N. The molecule has 0 fully saturated rings. The zero-order valence-electron chi connectivity index (χ0n) is 11.4. The Morgan fingerprint density at radius 1 is 1.38 bits per heavy atom. The fourth-order valence-corrected chi connectivity index (χ4v) is 5.18. The van der Waals surface area contributed by atoms with Crippen molar-refractivity contribution in [3.63, 3.8) is 0 Å². The number of rotatable bonds is 5. The van der Waals surface area contributed by atoms with Crippen LogP contribution in [0.2, 0.25) is 0 Å². The largest absolute Gasteiger partial charge is 0.611 e. The van der Waals surface area contributed by atoms with E-state index in [1.165, 1.54) is 22.7 Å². The maximum Gasteiger partial charge on any atom is 0.232 e. The lowest BCUT2D eigenvalue weighted by molar-refractivity contribution is 0.594. The fourth-order valence-electron chi connectivity index (χ4n) is 1.86. The van der Waals surface area contributed by atoms with E-state index in [1.54, 1.807) is 12.4 Å². The molecule has 0 aliphatic carbocycles. The van der Waals surface area contributed by atoms with Gasteiger partial charge in [-0.05, 0) is 17.6 Å². The minimum atomic E-state index is -1.06. The van der Waals surface area contributed by atoms with E-state index < -0.39 is 11.2 Å². The van der Waals surface area contributed by atoms with Crippen LogP contribution in [-0.4, -0.2) is 25.3 Å². The van der Waals surface area contributed by atoms with Gasteiger partial charge in [-0.3, -0.25) is 0 Å². The van der Waals surface area contributed by atoms with Gasteiger partial charge in [0.05, 0.1) is 5.39 Å². The summed E-state index contributed by atoms with van der Waals surface area (Å²) >= 11 is 1.83. The third-order valence-electron chi connectivity index (χ3n) is 2.97. The molecule has 1 atom stereocenters. The second-order valence-corrected chi connectivity index (χ2v) is 8.12. The van der Waals surface area contributed by atoms with Crippen molar-refractivity contribution >= 4 is 49.8 Å². The van der Waals surface area contributed by atoms with E-state index in [0.29, 0.717) is 21.5 Å². The lowest BCUT2D eigenvalue weighted by atomic mass is 10.4. The molecule has 3 rings (SSSR count). The van der Waals surface area contributed by atoms with Gasteiger partial charge in [0.2, 0.25) is 4.21 Å². The Kier molecular flexibility index (Phi) is 4.39. The zero-order chi connectivity index (χ0) is 14.8. The number of nitrogens with zero attached hydrogens (tertiary/aromatic N) is 3. The molecule has 0 saturated carbocycles. The molecule has 0 aromatic carbocycles. The number of thiazole rings is 1. The highest BCUT2D eigenvalue weighted by molar-refractivity contribution is 7.93. The summed E-state index contributed by atoms with van der Waals surface area (Å²) in [5.41, 5.74) is 6.66.